The molecule has 4 aromatic carbocycles. The largest absolute Gasteiger partial charge is 0.462 e. The van der Waals surface area contributed by atoms with Crippen LogP contribution in [-0.2, 0) is 14.3 Å². The van der Waals surface area contributed by atoms with Crippen LogP contribution in [0.1, 0.15) is 45.7 Å². The Labute approximate surface area is 249 Å². The van der Waals surface area contributed by atoms with Gasteiger partial charge >= 0.3 is 11.9 Å². The first-order chi connectivity index (χ1) is 20.7. The Kier molecular flexibility index (Phi) is 8.57. The number of aryl methyl sites for hydroxylation is 2. The molecule has 43 heavy (non-hydrogen) atoms. The van der Waals surface area contributed by atoms with Gasteiger partial charge in [-0.1, -0.05) is 59.7 Å². The van der Waals surface area contributed by atoms with Crippen LogP contribution in [0.2, 0.25) is 0 Å². The summed E-state index contributed by atoms with van der Waals surface area (Å²) in [7, 11) is 0. The van der Waals surface area contributed by atoms with Crippen molar-refractivity contribution in [2.45, 2.75) is 33.8 Å². The Bertz CT molecular complexity index is 1800. The molecule has 0 saturated carbocycles. The van der Waals surface area contributed by atoms with Crippen molar-refractivity contribution in [1.29, 1.82) is 0 Å². The zero-order chi connectivity index (χ0) is 30.5. The maximum absolute atomic E-state index is 13.0. The summed E-state index contributed by atoms with van der Waals surface area (Å²) in [6.45, 7) is 7.55. The molecule has 0 aliphatic rings. The first-order valence-electron chi connectivity index (χ1n) is 14.0. The van der Waals surface area contributed by atoms with Crippen LogP contribution in [-0.4, -0.2) is 40.5 Å². The molecule has 0 saturated heterocycles. The summed E-state index contributed by atoms with van der Waals surface area (Å²) < 4.78 is 10.4. The lowest BCUT2D eigenvalue weighted by atomic mass is 10.0. The molecular weight excluding hydrogens is 542 g/mol. The Balaban J connectivity index is 1.36. The number of anilines is 1. The number of amides is 1. The third kappa shape index (κ3) is 6.76. The molecule has 216 valence electrons. The lowest BCUT2D eigenvalue weighted by Gasteiger charge is -2.14. The molecule has 0 radical (unpaired) electrons. The fourth-order valence-corrected chi connectivity index (χ4v) is 4.44. The van der Waals surface area contributed by atoms with Gasteiger partial charge in [-0.2, -0.15) is 0 Å². The van der Waals surface area contributed by atoms with Gasteiger partial charge in [0.05, 0.1) is 40.2 Å². The molecule has 0 spiro atoms. The summed E-state index contributed by atoms with van der Waals surface area (Å²) >= 11 is 0. The number of nitrogens with one attached hydrogen (secondary N) is 1. The number of carbonyl (C=O) groups excluding carboxylic acids is 3. The van der Waals surface area contributed by atoms with Crippen molar-refractivity contribution < 1.29 is 23.9 Å². The van der Waals surface area contributed by atoms with Gasteiger partial charge in [-0.3, -0.25) is 4.79 Å². The average molecular weight is 574 g/mol. The minimum atomic E-state index is -1.08. The van der Waals surface area contributed by atoms with Gasteiger partial charge in [0.25, 0.3) is 5.91 Å². The van der Waals surface area contributed by atoms with Crippen molar-refractivity contribution in [3.8, 4) is 22.5 Å². The van der Waals surface area contributed by atoms with E-state index in [1.165, 1.54) is 6.92 Å². The van der Waals surface area contributed by atoms with E-state index in [4.69, 9.17) is 19.4 Å². The third-order valence-corrected chi connectivity index (χ3v) is 6.87. The van der Waals surface area contributed by atoms with Crippen LogP contribution in [0, 0.1) is 13.8 Å². The Morgan fingerprint density at radius 1 is 0.698 bits per heavy atom. The first-order valence-corrected chi connectivity index (χ1v) is 14.0. The van der Waals surface area contributed by atoms with Crippen molar-refractivity contribution >= 4 is 34.6 Å². The minimum Gasteiger partial charge on any atom is -0.462 e. The van der Waals surface area contributed by atoms with Gasteiger partial charge in [-0.05, 0) is 70.2 Å². The van der Waals surface area contributed by atoms with E-state index in [0.717, 1.165) is 27.9 Å². The standard InChI is InChI=1S/C35H31N3O5/c1-5-42-34(40)26-14-17-28(18-15-26)36-33(39)23(4)43-35(41)27-16-19-29-30(20-27)38-32(25-12-8-22(3)9-13-25)31(37-29)24-10-6-21(2)7-11-24/h6-20,23H,5H2,1-4H3,(H,36,39). The number of hydrogen-bond acceptors (Lipinski definition) is 7. The van der Waals surface area contributed by atoms with Crippen LogP contribution in [0.25, 0.3) is 33.5 Å². The number of carbonyl (C=O) groups is 3. The summed E-state index contributed by atoms with van der Waals surface area (Å²) in [5, 5.41) is 2.69. The molecule has 0 aliphatic heterocycles. The molecule has 1 atom stereocenters. The third-order valence-electron chi connectivity index (χ3n) is 6.87. The Morgan fingerprint density at radius 2 is 1.23 bits per heavy atom. The van der Waals surface area contributed by atoms with E-state index < -0.39 is 23.9 Å². The second kappa shape index (κ2) is 12.7. The number of benzene rings is 4. The molecular formula is C35H31N3O5. The van der Waals surface area contributed by atoms with Crippen molar-refractivity contribution in [3.05, 3.63) is 113 Å². The van der Waals surface area contributed by atoms with Gasteiger partial charge in [-0.25, -0.2) is 19.6 Å². The second-order valence-corrected chi connectivity index (χ2v) is 10.2. The smallest absolute Gasteiger partial charge is 0.338 e. The quantitative estimate of drug-likeness (QED) is 0.200. The zero-order valence-electron chi connectivity index (χ0n) is 24.4. The number of aromatic nitrogens is 2. The Hall–Kier alpha value is -5.37. The lowest BCUT2D eigenvalue weighted by Crippen LogP contribution is -2.30. The molecule has 1 unspecified atom stereocenters. The molecule has 0 aliphatic carbocycles. The molecule has 5 aromatic rings. The highest BCUT2D eigenvalue weighted by Crippen LogP contribution is 2.31. The molecule has 0 bridgehead atoms. The maximum Gasteiger partial charge on any atom is 0.338 e. The van der Waals surface area contributed by atoms with Crippen LogP contribution in [0.4, 0.5) is 5.69 Å². The molecule has 1 N–H and O–H groups in total. The number of ether oxygens (including phenoxy) is 2. The predicted molar refractivity (Wildman–Crippen MR) is 166 cm³/mol. The first kappa shape index (κ1) is 29.1. The van der Waals surface area contributed by atoms with Crippen molar-refractivity contribution in [2.24, 2.45) is 0 Å². The minimum absolute atomic E-state index is 0.248. The van der Waals surface area contributed by atoms with Crippen molar-refractivity contribution in [2.75, 3.05) is 11.9 Å². The summed E-state index contributed by atoms with van der Waals surface area (Å²) in [6.07, 6.45) is -1.08. The van der Waals surface area contributed by atoms with E-state index >= 15 is 0 Å². The highest BCUT2D eigenvalue weighted by molar-refractivity contribution is 5.99. The normalized spacial score (nSPS) is 11.5. The van der Waals surface area contributed by atoms with Crippen LogP contribution < -0.4 is 5.32 Å². The van der Waals surface area contributed by atoms with Crippen LogP contribution in [0.3, 0.4) is 0 Å². The summed E-state index contributed by atoms with van der Waals surface area (Å²) in [6, 6.07) is 27.4. The topological polar surface area (TPSA) is 107 Å². The molecule has 8 nitrogen and oxygen atoms in total. The second-order valence-electron chi connectivity index (χ2n) is 10.2. The average Bonchev–Trinajstić information content (AvgIpc) is 3.01. The maximum atomic E-state index is 13.0. The van der Waals surface area contributed by atoms with E-state index in [1.54, 1.807) is 49.4 Å². The molecule has 5 rings (SSSR count). The molecule has 0 fully saturated rings. The van der Waals surface area contributed by atoms with E-state index in [1.807, 2.05) is 62.4 Å². The molecule has 1 aromatic heterocycles. The number of hydrogen-bond donors (Lipinski definition) is 1. The summed E-state index contributed by atoms with van der Waals surface area (Å²) in [5.41, 5.74) is 7.79. The number of rotatable bonds is 8. The molecule has 1 amide bonds. The lowest BCUT2D eigenvalue weighted by molar-refractivity contribution is -0.123. The van der Waals surface area contributed by atoms with Gasteiger partial charge in [0.1, 0.15) is 0 Å². The number of nitrogens with zero attached hydrogens (tertiary/aromatic N) is 2. The van der Waals surface area contributed by atoms with Crippen LogP contribution >= 0.6 is 0 Å². The fraction of sp³-hybridized carbons (Fsp3) is 0.171. The van der Waals surface area contributed by atoms with E-state index in [-0.39, 0.29) is 12.2 Å². The van der Waals surface area contributed by atoms with E-state index in [9.17, 15) is 14.4 Å². The predicted octanol–water partition coefficient (Wildman–Crippen LogP) is 6.94. The monoisotopic (exact) mass is 573 g/mol. The summed E-state index contributed by atoms with van der Waals surface area (Å²) in [4.78, 5) is 47.5. The summed E-state index contributed by atoms with van der Waals surface area (Å²) in [5.74, 6) is -1.62. The highest BCUT2D eigenvalue weighted by Gasteiger charge is 2.21. The molecule has 8 heteroatoms. The number of esters is 2. The zero-order valence-corrected chi connectivity index (χ0v) is 24.4. The Morgan fingerprint density at radius 3 is 1.79 bits per heavy atom. The highest BCUT2D eigenvalue weighted by atomic mass is 16.5. The van der Waals surface area contributed by atoms with Gasteiger partial charge in [0, 0.05) is 16.8 Å². The van der Waals surface area contributed by atoms with Crippen LogP contribution in [0.15, 0.2) is 91.0 Å². The fourth-order valence-electron chi connectivity index (χ4n) is 4.44. The van der Waals surface area contributed by atoms with Gasteiger partial charge < -0.3 is 14.8 Å². The van der Waals surface area contributed by atoms with E-state index in [0.29, 0.717) is 28.0 Å². The van der Waals surface area contributed by atoms with Crippen molar-refractivity contribution in [1.82, 2.24) is 9.97 Å². The van der Waals surface area contributed by atoms with E-state index in [2.05, 4.69) is 5.32 Å². The van der Waals surface area contributed by atoms with Crippen LogP contribution in [0.5, 0.6) is 0 Å². The van der Waals surface area contributed by atoms with Crippen molar-refractivity contribution in [3.63, 3.8) is 0 Å². The van der Waals surface area contributed by atoms with Gasteiger partial charge in [-0.15, -0.1) is 0 Å². The number of fused-ring (bicyclic) bond motifs is 1. The SMILES string of the molecule is CCOC(=O)c1ccc(NC(=O)C(C)OC(=O)c2ccc3nc(-c4ccc(C)cc4)c(-c4ccc(C)cc4)nc3c2)cc1. The van der Waals surface area contributed by atoms with Gasteiger partial charge in [0.15, 0.2) is 6.10 Å². The molecule has 1 heterocycles. The van der Waals surface area contributed by atoms with Gasteiger partial charge in [0.2, 0.25) is 0 Å².